The van der Waals surface area contributed by atoms with Crippen molar-refractivity contribution in [3.63, 3.8) is 0 Å². The molecular weight excluding hydrogens is 358 g/mol. The van der Waals surface area contributed by atoms with Crippen LogP contribution in [0.5, 0.6) is 0 Å². The lowest BCUT2D eigenvalue weighted by Crippen LogP contribution is -2.12. The predicted octanol–water partition coefficient (Wildman–Crippen LogP) is 3.75. The minimum absolute atomic E-state index is 0.110. The van der Waals surface area contributed by atoms with Crippen LogP contribution in [0.2, 0.25) is 0 Å². The second-order valence-electron chi connectivity index (χ2n) is 5.48. The van der Waals surface area contributed by atoms with Crippen LogP contribution < -0.4 is 10.0 Å². The minimum Gasteiger partial charge on any atom is -0.302 e. The molecule has 0 saturated carbocycles. The Morgan fingerprint density at radius 1 is 1.20 bits per heavy atom. The van der Waals surface area contributed by atoms with E-state index in [1.54, 1.807) is 49.4 Å². The summed E-state index contributed by atoms with van der Waals surface area (Å²) in [6.07, 6.45) is 0.372. The van der Waals surface area contributed by atoms with Crippen molar-refractivity contribution in [2.45, 2.75) is 25.2 Å². The molecule has 0 aliphatic heterocycles. The SMILES string of the molecule is CCC(=O)Nc1nc2c(C)cc(NS(=O)(=O)c3ccccc3)cc2s1. The van der Waals surface area contributed by atoms with Gasteiger partial charge in [-0.2, -0.15) is 0 Å². The number of benzene rings is 2. The van der Waals surface area contributed by atoms with Gasteiger partial charge in [-0.05, 0) is 36.8 Å². The second-order valence-corrected chi connectivity index (χ2v) is 8.19. The summed E-state index contributed by atoms with van der Waals surface area (Å²) in [4.78, 5) is 16.1. The van der Waals surface area contributed by atoms with Gasteiger partial charge < -0.3 is 5.32 Å². The smallest absolute Gasteiger partial charge is 0.261 e. The molecule has 0 aliphatic carbocycles. The molecule has 0 bridgehead atoms. The van der Waals surface area contributed by atoms with E-state index >= 15 is 0 Å². The Hall–Kier alpha value is -2.45. The van der Waals surface area contributed by atoms with Crippen molar-refractivity contribution >= 4 is 48.3 Å². The molecule has 1 amide bonds. The van der Waals surface area contributed by atoms with Crippen LogP contribution in [0.4, 0.5) is 10.8 Å². The maximum atomic E-state index is 12.5. The monoisotopic (exact) mass is 375 g/mol. The molecule has 0 radical (unpaired) electrons. The molecule has 6 nitrogen and oxygen atoms in total. The number of thiazole rings is 1. The third-order valence-electron chi connectivity index (χ3n) is 3.56. The van der Waals surface area contributed by atoms with Crippen LogP contribution in [0.3, 0.4) is 0 Å². The lowest BCUT2D eigenvalue weighted by Gasteiger charge is -2.09. The van der Waals surface area contributed by atoms with Gasteiger partial charge in [0.05, 0.1) is 20.8 Å². The number of carbonyl (C=O) groups is 1. The predicted molar refractivity (Wildman–Crippen MR) is 101 cm³/mol. The largest absolute Gasteiger partial charge is 0.302 e. The van der Waals surface area contributed by atoms with Crippen LogP contribution in [-0.4, -0.2) is 19.3 Å². The highest BCUT2D eigenvalue weighted by Crippen LogP contribution is 2.32. The van der Waals surface area contributed by atoms with Crippen molar-refractivity contribution < 1.29 is 13.2 Å². The summed E-state index contributed by atoms with van der Waals surface area (Å²) >= 11 is 1.31. The van der Waals surface area contributed by atoms with Crippen LogP contribution in [0.15, 0.2) is 47.4 Å². The average molecular weight is 375 g/mol. The molecule has 1 aromatic heterocycles. The Bertz CT molecular complexity index is 1030. The van der Waals surface area contributed by atoms with E-state index in [-0.39, 0.29) is 10.8 Å². The van der Waals surface area contributed by atoms with E-state index in [4.69, 9.17) is 0 Å². The average Bonchev–Trinajstić information content (AvgIpc) is 2.98. The highest BCUT2D eigenvalue weighted by Gasteiger charge is 2.16. The lowest BCUT2D eigenvalue weighted by atomic mass is 10.2. The zero-order valence-corrected chi connectivity index (χ0v) is 15.4. The van der Waals surface area contributed by atoms with Crippen LogP contribution >= 0.6 is 11.3 Å². The molecule has 130 valence electrons. The fraction of sp³-hybridized carbons (Fsp3) is 0.176. The van der Waals surface area contributed by atoms with Crippen LogP contribution in [0, 0.1) is 6.92 Å². The van der Waals surface area contributed by atoms with Gasteiger partial charge in [-0.3, -0.25) is 9.52 Å². The Morgan fingerprint density at radius 3 is 2.60 bits per heavy atom. The number of aryl methyl sites for hydroxylation is 1. The van der Waals surface area contributed by atoms with Crippen LogP contribution in [0.1, 0.15) is 18.9 Å². The Morgan fingerprint density at radius 2 is 1.92 bits per heavy atom. The molecule has 25 heavy (non-hydrogen) atoms. The first-order valence-corrected chi connectivity index (χ1v) is 9.98. The summed E-state index contributed by atoms with van der Waals surface area (Å²) in [7, 11) is -3.65. The number of sulfonamides is 1. The fourth-order valence-corrected chi connectivity index (χ4v) is 4.39. The van der Waals surface area contributed by atoms with Crippen LogP contribution in [-0.2, 0) is 14.8 Å². The first-order valence-electron chi connectivity index (χ1n) is 7.68. The Balaban J connectivity index is 1.94. The van der Waals surface area contributed by atoms with Gasteiger partial charge in [0.2, 0.25) is 5.91 Å². The standard InChI is InChI=1S/C17H17N3O3S2/c1-3-15(21)18-17-19-16-11(2)9-12(10-14(16)24-17)20-25(22,23)13-7-5-4-6-8-13/h4-10,20H,3H2,1-2H3,(H,18,19,21). The lowest BCUT2D eigenvalue weighted by molar-refractivity contribution is -0.115. The second kappa shape index (κ2) is 6.81. The zero-order valence-electron chi connectivity index (χ0n) is 13.7. The third-order valence-corrected chi connectivity index (χ3v) is 5.87. The number of nitrogens with zero attached hydrogens (tertiary/aromatic N) is 1. The fourth-order valence-electron chi connectivity index (χ4n) is 2.33. The zero-order chi connectivity index (χ0) is 18.0. The maximum absolute atomic E-state index is 12.5. The molecule has 0 saturated heterocycles. The van der Waals surface area contributed by atoms with E-state index in [9.17, 15) is 13.2 Å². The number of aromatic nitrogens is 1. The van der Waals surface area contributed by atoms with E-state index in [0.717, 1.165) is 15.8 Å². The molecule has 0 unspecified atom stereocenters. The van der Waals surface area contributed by atoms with Gasteiger partial charge in [0.1, 0.15) is 0 Å². The van der Waals surface area contributed by atoms with Crippen LogP contribution in [0.25, 0.3) is 10.2 Å². The molecular formula is C17H17N3O3S2. The quantitative estimate of drug-likeness (QED) is 0.711. The molecule has 3 aromatic rings. The highest BCUT2D eigenvalue weighted by atomic mass is 32.2. The number of rotatable bonds is 5. The highest BCUT2D eigenvalue weighted by molar-refractivity contribution is 7.92. The number of anilines is 2. The normalized spacial score (nSPS) is 11.4. The Labute approximate surface area is 150 Å². The Kier molecular flexibility index (Phi) is 4.73. The van der Waals surface area contributed by atoms with E-state index < -0.39 is 10.0 Å². The number of nitrogens with one attached hydrogen (secondary N) is 2. The van der Waals surface area contributed by atoms with Gasteiger partial charge in [0, 0.05) is 6.42 Å². The molecule has 1 heterocycles. The van der Waals surface area contributed by atoms with Crippen molar-refractivity contribution in [3.05, 3.63) is 48.0 Å². The molecule has 2 aromatic carbocycles. The van der Waals surface area contributed by atoms with Gasteiger partial charge >= 0.3 is 0 Å². The molecule has 3 rings (SSSR count). The molecule has 2 N–H and O–H groups in total. The van der Waals surface area contributed by atoms with E-state index in [2.05, 4.69) is 15.0 Å². The summed E-state index contributed by atoms with van der Waals surface area (Å²) in [6.45, 7) is 3.62. The van der Waals surface area contributed by atoms with Gasteiger partial charge in [0.25, 0.3) is 10.0 Å². The van der Waals surface area contributed by atoms with E-state index in [1.165, 1.54) is 11.3 Å². The first-order chi connectivity index (χ1) is 11.9. The topological polar surface area (TPSA) is 88.2 Å². The van der Waals surface area contributed by atoms with Gasteiger partial charge in [-0.1, -0.05) is 36.5 Å². The summed E-state index contributed by atoms with van der Waals surface area (Å²) in [5, 5.41) is 3.24. The summed E-state index contributed by atoms with van der Waals surface area (Å²) in [6, 6.07) is 11.6. The number of amides is 1. The maximum Gasteiger partial charge on any atom is 0.261 e. The van der Waals surface area contributed by atoms with Crippen molar-refractivity contribution in [1.29, 1.82) is 0 Å². The molecule has 0 spiro atoms. The number of hydrogen-bond acceptors (Lipinski definition) is 5. The summed E-state index contributed by atoms with van der Waals surface area (Å²) < 4.78 is 28.3. The number of carbonyl (C=O) groups excluding carboxylic acids is 1. The van der Waals surface area contributed by atoms with Gasteiger partial charge in [-0.25, -0.2) is 13.4 Å². The first kappa shape index (κ1) is 17.4. The molecule has 0 atom stereocenters. The summed E-state index contributed by atoms with van der Waals surface area (Å²) in [5.74, 6) is -0.110. The van der Waals surface area contributed by atoms with E-state index in [0.29, 0.717) is 17.2 Å². The molecule has 8 heteroatoms. The summed E-state index contributed by atoms with van der Waals surface area (Å²) in [5.41, 5.74) is 2.04. The molecule has 0 aliphatic rings. The minimum atomic E-state index is -3.65. The van der Waals surface area contributed by atoms with Crippen molar-refractivity contribution in [2.75, 3.05) is 10.0 Å². The van der Waals surface area contributed by atoms with Crippen molar-refractivity contribution in [2.24, 2.45) is 0 Å². The molecule has 0 fully saturated rings. The number of hydrogen-bond donors (Lipinski definition) is 2. The number of fused-ring (bicyclic) bond motifs is 1. The van der Waals surface area contributed by atoms with Crippen molar-refractivity contribution in [1.82, 2.24) is 4.98 Å². The third kappa shape index (κ3) is 3.80. The van der Waals surface area contributed by atoms with E-state index in [1.807, 2.05) is 6.92 Å². The van der Waals surface area contributed by atoms with Crippen molar-refractivity contribution in [3.8, 4) is 0 Å². The van der Waals surface area contributed by atoms with Gasteiger partial charge in [0.15, 0.2) is 5.13 Å². The van der Waals surface area contributed by atoms with Gasteiger partial charge in [-0.15, -0.1) is 0 Å².